The predicted molar refractivity (Wildman–Crippen MR) is 125 cm³/mol. The van der Waals surface area contributed by atoms with E-state index in [-0.39, 0.29) is 24.3 Å². The van der Waals surface area contributed by atoms with Gasteiger partial charge in [-0.25, -0.2) is 9.59 Å². The fourth-order valence-electron chi connectivity index (χ4n) is 6.30. The fraction of sp³-hybridized carbons (Fsp3) is 0.360. The zero-order valence-electron chi connectivity index (χ0n) is 19.7. The molecule has 2 aliphatic heterocycles. The van der Waals surface area contributed by atoms with E-state index in [0.717, 1.165) is 0 Å². The molecule has 2 aliphatic carbocycles. The number of aromatic hydroxyl groups is 1. The van der Waals surface area contributed by atoms with Crippen LogP contribution >= 0.6 is 0 Å². The summed E-state index contributed by atoms with van der Waals surface area (Å²) in [5.74, 6) is -7.67. The Bertz CT molecular complexity index is 1330. The van der Waals surface area contributed by atoms with Gasteiger partial charge in [-0.05, 0) is 36.5 Å². The lowest BCUT2D eigenvalue weighted by Crippen LogP contribution is -2.44. The highest BCUT2D eigenvalue weighted by Gasteiger charge is 2.62. The number of benzene rings is 1. The summed E-state index contributed by atoms with van der Waals surface area (Å²) < 4.78 is 5.14. The van der Waals surface area contributed by atoms with Gasteiger partial charge in [0, 0.05) is 5.92 Å². The van der Waals surface area contributed by atoms with Crippen LogP contribution in [0.2, 0.25) is 0 Å². The van der Waals surface area contributed by atoms with Gasteiger partial charge in [0.05, 0.1) is 30.8 Å². The lowest BCUT2D eigenvalue weighted by atomic mass is 9.58. The van der Waals surface area contributed by atoms with Crippen molar-refractivity contribution in [1.29, 1.82) is 0 Å². The summed E-state index contributed by atoms with van der Waals surface area (Å²) in [6.07, 6.45) is 5.34. The van der Waals surface area contributed by atoms with E-state index in [1.54, 1.807) is 30.4 Å². The molecule has 0 spiro atoms. The van der Waals surface area contributed by atoms with Crippen LogP contribution in [0.1, 0.15) is 18.4 Å². The number of nitrogens with zero attached hydrogens (tertiary/aromatic N) is 2. The van der Waals surface area contributed by atoms with E-state index in [9.17, 15) is 33.9 Å². The first-order valence-corrected chi connectivity index (χ1v) is 11.7. The van der Waals surface area contributed by atoms with Crippen molar-refractivity contribution in [1.82, 2.24) is 9.80 Å². The Hall–Kier alpha value is -4.48. The van der Waals surface area contributed by atoms with Crippen LogP contribution < -0.4 is 16.2 Å². The number of methoxy groups -OCH3 is 1. The lowest BCUT2D eigenvalue weighted by molar-refractivity contribution is -0.138. The Morgan fingerprint density at radius 1 is 0.946 bits per heavy atom. The third kappa shape index (κ3) is 3.51. The Balaban J connectivity index is 1.59. The standard InChI is InChI=1S/C25H24N4O8/c1-37-17-8-10(3-7-16(17)30)2-4-12-11-5-6-13-19(23(34)28(20(13)31)24(26)35)14(11)9-15-18(12)22(33)29(21(15)32)25(27)36/h2-5,7-8,12-15,18-19,30H,6,9H2,1H3,(H2,26,35)(H2,27,36). The molecule has 1 aromatic carbocycles. The van der Waals surface area contributed by atoms with Crippen molar-refractivity contribution < 1.29 is 38.6 Å². The summed E-state index contributed by atoms with van der Waals surface area (Å²) in [4.78, 5) is 76.9. The number of fused-ring (bicyclic) bond motifs is 4. The molecule has 2 heterocycles. The fourth-order valence-corrected chi connectivity index (χ4v) is 6.30. The van der Waals surface area contributed by atoms with Crippen LogP contribution in [0.25, 0.3) is 6.08 Å². The summed E-state index contributed by atoms with van der Waals surface area (Å²) in [6.45, 7) is 0. The maximum atomic E-state index is 13.2. The smallest absolute Gasteiger partial charge is 0.328 e. The number of urea groups is 2. The van der Waals surface area contributed by atoms with Gasteiger partial charge < -0.3 is 21.3 Å². The van der Waals surface area contributed by atoms with E-state index in [1.807, 2.05) is 0 Å². The third-order valence-electron chi connectivity index (χ3n) is 7.84. The molecule has 3 fully saturated rings. The van der Waals surface area contributed by atoms with Crippen molar-refractivity contribution in [3.8, 4) is 11.5 Å². The molecule has 12 nitrogen and oxygen atoms in total. The van der Waals surface area contributed by atoms with Crippen molar-refractivity contribution in [2.24, 2.45) is 47.0 Å². The topological polar surface area (TPSA) is 190 Å². The first-order valence-electron chi connectivity index (χ1n) is 11.7. The van der Waals surface area contributed by atoms with Crippen LogP contribution in [0.15, 0.2) is 35.9 Å². The first-order chi connectivity index (χ1) is 17.6. The second-order valence-corrected chi connectivity index (χ2v) is 9.56. The van der Waals surface area contributed by atoms with Gasteiger partial charge in [0.2, 0.25) is 23.6 Å². The number of amides is 8. The number of allylic oxidation sites excluding steroid dienone is 3. The van der Waals surface area contributed by atoms with E-state index in [0.29, 0.717) is 20.9 Å². The number of rotatable bonds is 3. The molecule has 8 amide bonds. The minimum atomic E-state index is -1.18. The van der Waals surface area contributed by atoms with Gasteiger partial charge in [-0.15, -0.1) is 0 Å². The molecule has 0 radical (unpaired) electrons. The molecule has 1 aromatic rings. The van der Waals surface area contributed by atoms with Crippen molar-refractivity contribution in [2.75, 3.05) is 7.11 Å². The van der Waals surface area contributed by atoms with Gasteiger partial charge in [-0.1, -0.05) is 29.9 Å². The van der Waals surface area contributed by atoms with Gasteiger partial charge in [0.25, 0.3) is 0 Å². The molecule has 37 heavy (non-hydrogen) atoms. The molecule has 0 aromatic heterocycles. The number of phenols is 1. The zero-order valence-corrected chi connectivity index (χ0v) is 19.7. The minimum Gasteiger partial charge on any atom is -0.504 e. The third-order valence-corrected chi connectivity index (χ3v) is 7.84. The van der Waals surface area contributed by atoms with Crippen LogP contribution in [-0.2, 0) is 19.2 Å². The molecule has 2 saturated heterocycles. The molecule has 6 atom stereocenters. The Labute approximate surface area is 210 Å². The Morgan fingerprint density at radius 3 is 2.19 bits per heavy atom. The molecular weight excluding hydrogens is 484 g/mol. The lowest BCUT2D eigenvalue weighted by Gasteiger charge is -2.42. The molecule has 1 saturated carbocycles. The molecule has 0 bridgehead atoms. The maximum Gasteiger partial charge on any atom is 0.328 e. The van der Waals surface area contributed by atoms with Crippen LogP contribution in [0.3, 0.4) is 0 Å². The first kappa shape index (κ1) is 24.2. The highest BCUT2D eigenvalue weighted by atomic mass is 16.5. The van der Waals surface area contributed by atoms with Gasteiger partial charge in [-0.3, -0.25) is 19.2 Å². The monoisotopic (exact) mass is 508 g/mol. The number of nitrogens with two attached hydrogens (primary N) is 2. The van der Waals surface area contributed by atoms with E-state index in [1.165, 1.54) is 13.2 Å². The molecular formula is C25H24N4O8. The molecule has 192 valence electrons. The average molecular weight is 508 g/mol. The zero-order chi connectivity index (χ0) is 26.8. The summed E-state index contributed by atoms with van der Waals surface area (Å²) in [5.41, 5.74) is 11.9. The van der Waals surface area contributed by atoms with Crippen LogP contribution in [0, 0.1) is 35.5 Å². The number of primary amides is 2. The molecule has 4 aliphatic rings. The highest BCUT2D eigenvalue weighted by Crippen LogP contribution is 2.55. The summed E-state index contributed by atoms with van der Waals surface area (Å²) in [5, 5.41) is 9.88. The number of carbonyl (C=O) groups excluding carboxylic acids is 6. The van der Waals surface area contributed by atoms with Gasteiger partial charge in [0.1, 0.15) is 0 Å². The predicted octanol–water partition coefficient (Wildman–Crippen LogP) is 0.740. The van der Waals surface area contributed by atoms with Crippen LogP contribution in [0.5, 0.6) is 11.5 Å². The number of likely N-dealkylation sites (tertiary alicyclic amines) is 2. The van der Waals surface area contributed by atoms with E-state index >= 15 is 0 Å². The van der Waals surface area contributed by atoms with Crippen molar-refractivity contribution in [2.45, 2.75) is 12.8 Å². The second-order valence-electron chi connectivity index (χ2n) is 9.56. The average Bonchev–Trinajstić information content (AvgIpc) is 3.26. The van der Waals surface area contributed by atoms with E-state index in [2.05, 4.69) is 0 Å². The number of ether oxygens (including phenoxy) is 1. The number of hydrogen-bond donors (Lipinski definition) is 3. The maximum absolute atomic E-state index is 13.2. The molecule has 5 rings (SSSR count). The molecule has 12 heteroatoms. The number of hydrogen-bond acceptors (Lipinski definition) is 8. The Morgan fingerprint density at radius 2 is 1.57 bits per heavy atom. The number of imide groups is 6. The summed E-state index contributed by atoms with van der Waals surface area (Å²) >= 11 is 0. The second kappa shape index (κ2) is 8.57. The molecule has 5 N–H and O–H groups in total. The van der Waals surface area contributed by atoms with Crippen molar-refractivity contribution in [3.63, 3.8) is 0 Å². The minimum absolute atomic E-state index is 0.0367. The van der Waals surface area contributed by atoms with Crippen molar-refractivity contribution >= 4 is 41.8 Å². The van der Waals surface area contributed by atoms with E-state index in [4.69, 9.17) is 16.2 Å². The molecule has 6 unspecified atom stereocenters. The van der Waals surface area contributed by atoms with Crippen LogP contribution in [-0.4, -0.2) is 57.7 Å². The van der Waals surface area contributed by atoms with Gasteiger partial charge >= 0.3 is 12.1 Å². The summed E-state index contributed by atoms with van der Waals surface area (Å²) in [6, 6.07) is 2.30. The SMILES string of the molecule is COc1cc(C=CC2C3=CCC4C(=O)N(C(N)=O)C(=O)C4C3CC3C(=O)N(C(N)=O)C(=O)C23)ccc1O. The largest absolute Gasteiger partial charge is 0.504 e. The van der Waals surface area contributed by atoms with E-state index < -0.39 is 71.2 Å². The highest BCUT2D eigenvalue weighted by molar-refractivity contribution is 6.18. The number of phenolic OH excluding ortho intramolecular Hbond substituents is 1. The normalized spacial score (nSPS) is 30.8. The quantitative estimate of drug-likeness (QED) is 0.393. The number of carbonyl (C=O) groups is 6. The van der Waals surface area contributed by atoms with Gasteiger partial charge in [-0.2, -0.15) is 9.80 Å². The Kier molecular flexibility index (Phi) is 5.61. The van der Waals surface area contributed by atoms with Gasteiger partial charge in [0.15, 0.2) is 11.5 Å². The summed E-state index contributed by atoms with van der Waals surface area (Å²) in [7, 11) is 1.40. The van der Waals surface area contributed by atoms with Crippen molar-refractivity contribution in [3.05, 3.63) is 41.5 Å². The van der Waals surface area contributed by atoms with Crippen LogP contribution in [0.4, 0.5) is 9.59 Å².